The van der Waals surface area contributed by atoms with Crippen molar-refractivity contribution in [2.45, 2.75) is 39.2 Å². The van der Waals surface area contributed by atoms with Crippen LogP contribution in [0, 0.1) is 5.92 Å². The molecule has 112 valence electrons. The van der Waals surface area contributed by atoms with E-state index in [4.69, 9.17) is 5.73 Å². The molecule has 1 amide bonds. The number of anilines is 1. The van der Waals surface area contributed by atoms with Crippen molar-refractivity contribution >= 4 is 33.1 Å². The van der Waals surface area contributed by atoms with Gasteiger partial charge in [-0.05, 0) is 37.3 Å². The number of nitrogens with zero attached hydrogens (tertiary/aromatic N) is 2. The van der Waals surface area contributed by atoms with E-state index in [2.05, 4.69) is 18.8 Å². The van der Waals surface area contributed by atoms with Gasteiger partial charge in [-0.2, -0.15) is 0 Å². The summed E-state index contributed by atoms with van der Waals surface area (Å²) in [6.07, 6.45) is 5.01. The van der Waals surface area contributed by atoms with Crippen molar-refractivity contribution in [2.24, 2.45) is 5.92 Å². The summed E-state index contributed by atoms with van der Waals surface area (Å²) >= 11 is 1.41. The molecular formula is C16H21N3OS. The van der Waals surface area contributed by atoms with Gasteiger partial charge in [-0.25, -0.2) is 4.98 Å². The Morgan fingerprint density at radius 3 is 2.90 bits per heavy atom. The molecule has 2 aromatic rings. The van der Waals surface area contributed by atoms with Crippen LogP contribution in [0.15, 0.2) is 18.3 Å². The highest BCUT2D eigenvalue weighted by atomic mass is 32.1. The first-order valence-corrected chi connectivity index (χ1v) is 8.33. The molecule has 21 heavy (non-hydrogen) atoms. The van der Waals surface area contributed by atoms with Gasteiger partial charge in [-0.15, -0.1) is 11.3 Å². The van der Waals surface area contributed by atoms with Crippen LogP contribution in [0.1, 0.15) is 42.8 Å². The second-order valence-corrected chi connectivity index (χ2v) is 7.11. The van der Waals surface area contributed by atoms with E-state index in [1.807, 2.05) is 17.0 Å². The molecule has 2 aromatic heterocycles. The molecule has 0 atom stereocenters. The van der Waals surface area contributed by atoms with Gasteiger partial charge >= 0.3 is 0 Å². The minimum Gasteiger partial charge on any atom is -0.397 e. The van der Waals surface area contributed by atoms with Crippen LogP contribution in [0.5, 0.6) is 0 Å². The zero-order chi connectivity index (χ0) is 15.0. The van der Waals surface area contributed by atoms with Crippen molar-refractivity contribution in [1.82, 2.24) is 9.88 Å². The predicted octanol–water partition coefficient (Wildman–Crippen LogP) is 3.53. The van der Waals surface area contributed by atoms with Gasteiger partial charge in [0, 0.05) is 24.2 Å². The van der Waals surface area contributed by atoms with Crippen LogP contribution in [0.4, 0.5) is 5.69 Å². The molecule has 3 rings (SSSR count). The fourth-order valence-corrected chi connectivity index (χ4v) is 3.49. The molecule has 0 unspecified atom stereocenters. The van der Waals surface area contributed by atoms with Gasteiger partial charge in [0.25, 0.3) is 5.91 Å². The fraction of sp³-hybridized carbons (Fsp3) is 0.500. The molecule has 1 fully saturated rings. The summed E-state index contributed by atoms with van der Waals surface area (Å²) in [5.41, 5.74) is 6.76. The van der Waals surface area contributed by atoms with E-state index in [9.17, 15) is 4.79 Å². The Morgan fingerprint density at radius 1 is 1.52 bits per heavy atom. The number of amides is 1. The third-order valence-electron chi connectivity index (χ3n) is 3.89. The van der Waals surface area contributed by atoms with Crippen LogP contribution < -0.4 is 5.73 Å². The number of nitrogen functional groups attached to an aromatic ring is 1. The van der Waals surface area contributed by atoms with E-state index in [-0.39, 0.29) is 5.91 Å². The summed E-state index contributed by atoms with van der Waals surface area (Å²) in [5.74, 6) is 0.680. The molecule has 0 radical (unpaired) electrons. The standard InChI is InChI=1S/C16H21N3OS/c1-10(2)7-9-19(11-5-6-11)16(20)14-13(17)12-4-3-8-18-15(12)21-14/h3-4,8,10-11H,5-7,9,17H2,1-2H3. The molecule has 0 aliphatic heterocycles. The van der Waals surface area contributed by atoms with E-state index in [1.54, 1.807) is 6.20 Å². The first-order valence-electron chi connectivity index (χ1n) is 7.52. The monoisotopic (exact) mass is 303 g/mol. The Morgan fingerprint density at radius 2 is 2.29 bits per heavy atom. The Labute approximate surface area is 129 Å². The van der Waals surface area contributed by atoms with Crippen LogP contribution in [-0.4, -0.2) is 28.4 Å². The average molecular weight is 303 g/mol. The van der Waals surface area contributed by atoms with Gasteiger partial charge in [-0.3, -0.25) is 4.79 Å². The van der Waals surface area contributed by atoms with Gasteiger partial charge in [0.15, 0.2) is 0 Å². The summed E-state index contributed by atoms with van der Waals surface area (Å²) in [7, 11) is 0. The molecule has 4 nitrogen and oxygen atoms in total. The third-order valence-corrected chi connectivity index (χ3v) is 5.01. The number of carbonyl (C=O) groups is 1. The number of pyridine rings is 1. The highest BCUT2D eigenvalue weighted by Crippen LogP contribution is 2.36. The first kappa shape index (κ1) is 14.3. The number of hydrogen-bond donors (Lipinski definition) is 1. The van der Waals surface area contributed by atoms with Crippen LogP contribution in [0.25, 0.3) is 10.2 Å². The molecule has 0 spiro atoms. The van der Waals surface area contributed by atoms with Gasteiger partial charge in [-0.1, -0.05) is 13.8 Å². The number of rotatable bonds is 5. The Bertz CT molecular complexity index is 661. The number of fused-ring (bicyclic) bond motifs is 1. The predicted molar refractivity (Wildman–Crippen MR) is 87.5 cm³/mol. The first-order chi connectivity index (χ1) is 10.1. The average Bonchev–Trinajstić information content (AvgIpc) is 3.23. The van der Waals surface area contributed by atoms with Crippen molar-refractivity contribution in [1.29, 1.82) is 0 Å². The summed E-state index contributed by atoms with van der Waals surface area (Å²) in [5, 5.41) is 0.894. The molecule has 5 heteroatoms. The lowest BCUT2D eigenvalue weighted by atomic mass is 10.1. The van der Waals surface area contributed by atoms with Crippen LogP contribution in [0.2, 0.25) is 0 Å². The van der Waals surface area contributed by atoms with E-state index >= 15 is 0 Å². The molecule has 2 heterocycles. The highest BCUT2D eigenvalue weighted by Gasteiger charge is 2.34. The van der Waals surface area contributed by atoms with Crippen molar-refractivity contribution in [3.63, 3.8) is 0 Å². The zero-order valence-corrected chi connectivity index (χ0v) is 13.3. The summed E-state index contributed by atoms with van der Waals surface area (Å²) in [6.45, 7) is 5.20. The second-order valence-electron chi connectivity index (χ2n) is 6.11. The van der Waals surface area contributed by atoms with Gasteiger partial charge in [0.2, 0.25) is 0 Å². The highest BCUT2D eigenvalue weighted by molar-refractivity contribution is 7.21. The Kier molecular flexibility index (Phi) is 3.85. The number of thiophene rings is 1. The maximum Gasteiger partial charge on any atom is 0.266 e. The molecule has 1 aliphatic carbocycles. The lowest BCUT2D eigenvalue weighted by Crippen LogP contribution is -2.34. The number of aromatic nitrogens is 1. The van der Waals surface area contributed by atoms with Gasteiger partial charge < -0.3 is 10.6 Å². The molecule has 1 aliphatic rings. The third kappa shape index (κ3) is 2.88. The summed E-state index contributed by atoms with van der Waals surface area (Å²) in [4.78, 5) is 20.7. The smallest absolute Gasteiger partial charge is 0.266 e. The van der Waals surface area contributed by atoms with Crippen molar-refractivity contribution in [2.75, 3.05) is 12.3 Å². The summed E-state index contributed by atoms with van der Waals surface area (Å²) < 4.78 is 0. The van der Waals surface area contributed by atoms with Crippen LogP contribution >= 0.6 is 11.3 Å². The largest absolute Gasteiger partial charge is 0.397 e. The molecule has 0 bridgehead atoms. The molecular weight excluding hydrogens is 282 g/mol. The van der Waals surface area contributed by atoms with Crippen molar-refractivity contribution in [3.8, 4) is 0 Å². The maximum absolute atomic E-state index is 12.9. The Hall–Kier alpha value is -1.62. The molecule has 2 N–H and O–H groups in total. The van der Waals surface area contributed by atoms with Crippen LogP contribution in [-0.2, 0) is 0 Å². The van der Waals surface area contributed by atoms with E-state index in [1.165, 1.54) is 11.3 Å². The molecule has 1 saturated carbocycles. The number of nitrogens with two attached hydrogens (primary N) is 1. The number of carbonyl (C=O) groups excluding carboxylic acids is 1. The quantitative estimate of drug-likeness (QED) is 0.919. The lowest BCUT2D eigenvalue weighted by Gasteiger charge is -2.23. The normalized spacial score (nSPS) is 14.8. The van der Waals surface area contributed by atoms with Gasteiger partial charge in [0.1, 0.15) is 9.71 Å². The van der Waals surface area contributed by atoms with E-state index < -0.39 is 0 Å². The van der Waals surface area contributed by atoms with Crippen molar-refractivity contribution < 1.29 is 4.79 Å². The maximum atomic E-state index is 12.9. The van der Waals surface area contributed by atoms with E-state index in [0.717, 1.165) is 36.0 Å². The topological polar surface area (TPSA) is 59.2 Å². The van der Waals surface area contributed by atoms with E-state index in [0.29, 0.717) is 22.5 Å². The summed E-state index contributed by atoms with van der Waals surface area (Å²) in [6, 6.07) is 4.20. The van der Waals surface area contributed by atoms with Gasteiger partial charge in [0.05, 0.1) is 5.69 Å². The zero-order valence-electron chi connectivity index (χ0n) is 12.5. The fourth-order valence-electron chi connectivity index (χ4n) is 2.47. The number of hydrogen-bond acceptors (Lipinski definition) is 4. The van der Waals surface area contributed by atoms with Crippen LogP contribution in [0.3, 0.4) is 0 Å². The Balaban J connectivity index is 1.88. The minimum atomic E-state index is 0.0821. The molecule has 0 aromatic carbocycles. The minimum absolute atomic E-state index is 0.0821. The van der Waals surface area contributed by atoms with Crippen molar-refractivity contribution in [3.05, 3.63) is 23.2 Å². The molecule has 0 saturated heterocycles. The SMILES string of the molecule is CC(C)CCN(C(=O)c1sc2ncccc2c1N)C1CC1. The second kappa shape index (κ2) is 5.64. The lowest BCUT2D eigenvalue weighted by molar-refractivity contribution is 0.0741.